The van der Waals surface area contributed by atoms with Gasteiger partial charge in [-0.05, 0) is 36.6 Å². The quantitative estimate of drug-likeness (QED) is 0.314. The van der Waals surface area contributed by atoms with Crippen LogP contribution in [0.3, 0.4) is 0 Å². The second-order valence-corrected chi connectivity index (χ2v) is 6.65. The van der Waals surface area contributed by atoms with Crippen molar-refractivity contribution < 1.29 is 4.79 Å². The summed E-state index contributed by atoms with van der Waals surface area (Å²) >= 11 is 0. The van der Waals surface area contributed by atoms with Gasteiger partial charge in [0.1, 0.15) is 0 Å². The molecule has 1 N–H and O–H groups in total. The van der Waals surface area contributed by atoms with Gasteiger partial charge in [-0.2, -0.15) is 0 Å². The molecule has 0 aliphatic rings. The third kappa shape index (κ3) is 4.81. The maximum Gasteiger partial charge on any atom is 0.193 e. The first-order valence-corrected chi connectivity index (χ1v) is 9.33. The molecule has 3 aromatic carbocycles. The Balaban J connectivity index is 1.70. The van der Waals surface area contributed by atoms with E-state index in [1.807, 2.05) is 60.7 Å². The minimum Gasteiger partial charge on any atom is -0.310 e. The first kappa shape index (κ1) is 18.8. The van der Waals surface area contributed by atoms with Crippen LogP contribution in [0.2, 0.25) is 0 Å². The number of benzene rings is 3. The standard InChI is InChI=1S/C25H25NO/c1-3-4-18-26-19(2)20-10-12-21(13-11-20)22-14-16-24(17-15-22)25(27)23-8-6-5-7-9-23/h3,5-17,19,26H,1,4,18H2,2H3. The van der Waals surface area contributed by atoms with Crippen LogP contribution in [-0.2, 0) is 0 Å². The van der Waals surface area contributed by atoms with Crippen LogP contribution >= 0.6 is 0 Å². The molecule has 0 fully saturated rings. The summed E-state index contributed by atoms with van der Waals surface area (Å²) in [5.41, 5.74) is 4.95. The van der Waals surface area contributed by atoms with Crippen LogP contribution in [0.4, 0.5) is 0 Å². The lowest BCUT2D eigenvalue weighted by Crippen LogP contribution is -2.19. The lowest BCUT2D eigenvalue weighted by molar-refractivity contribution is 0.103. The Kier molecular flexibility index (Phi) is 6.35. The molecule has 3 rings (SSSR count). The zero-order valence-corrected chi connectivity index (χ0v) is 15.7. The summed E-state index contributed by atoms with van der Waals surface area (Å²) in [6, 6.07) is 26.1. The smallest absolute Gasteiger partial charge is 0.193 e. The Hall–Kier alpha value is -2.97. The van der Waals surface area contributed by atoms with Crippen molar-refractivity contribution >= 4 is 5.78 Å². The molecule has 2 nitrogen and oxygen atoms in total. The number of carbonyl (C=O) groups excluding carboxylic acids is 1. The second kappa shape index (κ2) is 9.11. The lowest BCUT2D eigenvalue weighted by Gasteiger charge is -2.14. The highest BCUT2D eigenvalue weighted by Crippen LogP contribution is 2.23. The van der Waals surface area contributed by atoms with E-state index in [0.29, 0.717) is 17.2 Å². The van der Waals surface area contributed by atoms with Crippen LogP contribution in [0.5, 0.6) is 0 Å². The van der Waals surface area contributed by atoms with Gasteiger partial charge in [0.15, 0.2) is 5.78 Å². The zero-order valence-electron chi connectivity index (χ0n) is 15.7. The highest BCUT2D eigenvalue weighted by Gasteiger charge is 2.09. The Morgan fingerprint density at radius 2 is 1.44 bits per heavy atom. The van der Waals surface area contributed by atoms with Crippen LogP contribution in [0.15, 0.2) is 91.5 Å². The second-order valence-electron chi connectivity index (χ2n) is 6.65. The van der Waals surface area contributed by atoms with Crippen molar-refractivity contribution in [3.8, 4) is 11.1 Å². The van der Waals surface area contributed by atoms with Gasteiger partial charge in [0.25, 0.3) is 0 Å². The molecule has 1 unspecified atom stereocenters. The maximum absolute atomic E-state index is 12.5. The molecule has 2 heteroatoms. The Morgan fingerprint density at radius 3 is 2.04 bits per heavy atom. The van der Waals surface area contributed by atoms with Crippen molar-refractivity contribution in [2.24, 2.45) is 0 Å². The van der Waals surface area contributed by atoms with Gasteiger partial charge in [-0.3, -0.25) is 4.79 Å². The summed E-state index contributed by atoms with van der Waals surface area (Å²) in [7, 11) is 0. The molecule has 0 saturated heterocycles. The summed E-state index contributed by atoms with van der Waals surface area (Å²) in [4.78, 5) is 12.5. The first-order chi connectivity index (χ1) is 13.2. The molecule has 0 heterocycles. The third-order valence-electron chi connectivity index (χ3n) is 4.73. The molecule has 0 radical (unpaired) electrons. The van der Waals surface area contributed by atoms with E-state index in [1.54, 1.807) is 0 Å². The normalized spacial score (nSPS) is 11.7. The highest BCUT2D eigenvalue weighted by molar-refractivity contribution is 6.09. The predicted molar refractivity (Wildman–Crippen MR) is 113 cm³/mol. The van der Waals surface area contributed by atoms with E-state index in [-0.39, 0.29) is 5.78 Å². The molecule has 0 spiro atoms. The van der Waals surface area contributed by atoms with Crippen molar-refractivity contribution in [3.05, 3.63) is 108 Å². The van der Waals surface area contributed by atoms with Gasteiger partial charge >= 0.3 is 0 Å². The largest absolute Gasteiger partial charge is 0.310 e. The average molecular weight is 355 g/mol. The van der Waals surface area contributed by atoms with Crippen molar-refractivity contribution in [3.63, 3.8) is 0 Å². The van der Waals surface area contributed by atoms with Gasteiger partial charge in [-0.15, -0.1) is 6.58 Å². The van der Waals surface area contributed by atoms with Gasteiger partial charge in [-0.25, -0.2) is 0 Å². The van der Waals surface area contributed by atoms with Crippen LogP contribution in [0, 0.1) is 0 Å². The molecule has 0 amide bonds. The number of ketones is 1. The van der Waals surface area contributed by atoms with E-state index >= 15 is 0 Å². The van der Waals surface area contributed by atoms with Crippen molar-refractivity contribution in [1.29, 1.82) is 0 Å². The van der Waals surface area contributed by atoms with E-state index < -0.39 is 0 Å². The van der Waals surface area contributed by atoms with Gasteiger partial charge in [0, 0.05) is 17.2 Å². The Bertz CT molecular complexity index is 880. The van der Waals surface area contributed by atoms with Gasteiger partial charge in [0.2, 0.25) is 0 Å². The average Bonchev–Trinajstić information content (AvgIpc) is 2.74. The van der Waals surface area contributed by atoms with Gasteiger partial charge in [-0.1, -0.05) is 84.9 Å². The van der Waals surface area contributed by atoms with E-state index in [9.17, 15) is 4.79 Å². The molecule has 0 saturated carbocycles. The summed E-state index contributed by atoms with van der Waals surface area (Å²) in [5, 5.41) is 3.49. The number of rotatable bonds is 8. The van der Waals surface area contributed by atoms with Crippen LogP contribution in [0.25, 0.3) is 11.1 Å². The van der Waals surface area contributed by atoms with E-state index in [2.05, 4.69) is 43.1 Å². The summed E-state index contributed by atoms with van der Waals surface area (Å²) in [6.45, 7) is 6.85. The van der Waals surface area contributed by atoms with E-state index in [0.717, 1.165) is 24.1 Å². The minimum atomic E-state index is 0.0527. The van der Waals surface area contributed by atoms with Crippen molar-refractivity contribution in [1.82, 2.24) is 5.32 Å². The monoisotopic (exact) mass is 355 g/mol. The fourth-order valence-corrected chi connectivity index (χ4v) is 3.05. The fourth-order valence-electron chi connectivity index (χ4n) is 3.05. The predicted octanol–water partition coefficient (Wildman–Crippen LogP) is 5.81. The number of hydrogen-bond acceptors (Lipinski definition) is 2. The molecular weight excluding hydrogens is 330 g/mol. The van der Waals surface area contributed by atoms with Crippen LogP contribution in [-0.4, -0.2) is 12.3 Å². The Labute approximate surface area is 161 Å². The molecule has 0 bridgehead atoms. The Morgan fingerprint density at radius 1 is 0.889 bits per heavy atom. The molecule has 0 aliphatic heterocycles. The highest BCUT2D eigenvalue weighted by atomic mass is 16.1. The van der Waals surface area contributed by atoms with Crippen LogP contribution < -0.4 is 5.32 Å². The van der Waals surface area contributed by atoms with E-state index in [4.69, 9.17) is 0 Å². The summed E-state index contributed by atoms with van der Waals surface area (Å²) in [6.07, 6.45) is 2.89. The molecule has 0 aromatic heterocycles. The molecule has 3 aromatic rings. The van der Waals surface area contributed by atoms with E-state index in [1.165, 1.54) is 5.56 Å². The number of carbonyl (C=O) groups is 1. The maximum atomic E-state index is 12.5. The van der Waals surface area contributed by atoms with Crippen LogP contribution in [0.1, 0.15) is 40.9 Å². The van der Waals surface area contributed by atoms with Gasteiger partial charge < -0.3 is 5.32 Å². The molecule has 136 valence electrons. The SMILES string of the molecule is C=CCCNC(C)c1ccc(-c2ccc(C(=O)c3ccccc3)cc2)cc1. The summed E-state index contributed by atoms with van der Waals surface area (Å²) in [5.74, 6) is 0.0527. The number of hydrogen-bond donors (Lipinski definition) is 1. The zero-order chi connectivity index (χ0) is 19.1. The van der Waals surface area contributed by atoms with Crippen molar-refractivity contribution in [2.45, 2.75) is 19.4 Å². The fraction of sp³-hybridized carbons (Fsp3) is 0.160. The number of nitrogens with one attached hydrogen (secondary N) is 1. The van der Waals surface area contributed by atoms with Gasteiger partial charge in [0.05, 0.1) is 0 Å². The first-order valence-electron chi connectivity index (χ1n) is 9.33. The van der Waals surface area contributed by atoms with Crippen molar-refractivity contribution in [2.75, 3.05) is 6.54 Å². The molecule has 1 atom stereocenters. The summed E-state index contributed by atoms with van der Waals surface area (Å²) < 4.78 is 0. The molecule has 27 heavy (non-hydrogen) atoms. The topological polar surface area (TPSA) is 29.1 Å². The molecule has 0 aliphatic carbocycles. The lowest BCUT2D eigenvalue weighted by atomic mass is 9.98. The third-order valence-corrected chi connectivity index (χ3v) is 4.73. The molecular formula is C25H25NO. The minimum absolute atomic E-state index is 0.0527.